The number of benzene rings is 2. The third-order valence-corrected chi connectivity index (χ3v) is 5.38. The number of nitrogens with zero attached hydrogens (tertiary/aromatic N) is 1. The van der Waals surface area contributed by atoms with Gasteiger partial charge in [-0.1, -0.05) is 68.3 Å². The van der Waals surface area contributed by atoms with Crippen molar-refractivity contribution in [2.45, 2.75) is 26.2 Å². The van der Waals surface area contributed by atoms with Crippen molar-refractivity contribution >= 4 is 57.6 Å². The first-order chi connectivity index (χ1) is 14.1. The highest BCUT2D eigenvalue weighted by atomic mass is 35.5. The number of thiocarbonyl (C=S) groups is 1. The van der Waals surface area contributed by atoms with E-state index in [1.165, 1.54) is 5.56 Å². The molecule has 1 aromatic heterocycles. The van der Waals surface area contributed by atoms with E-state index >= 15 is 0 Å². The van der Waals surface area contributed by atoms with Crippen molar-refractivity contribution in [3.05, 3.63) is 94.2 Å². The first-order valence-electron chi connectivity index (χ1n) is 9.43. The summed E-state index contributed by atoms with van der Waals surface area (Å²) in [5, 5.41) is 15.5. The molecule has 3 aromatic rings. The third kappa shape index (κ3) is 5.39. The quantitative estimate of drug-likeness (QED) is 0.193. The highest BCUT2D eigenvalue weighted by Gasteiger charge is 2.25. The summed E-state index contributed by atoms with van der Waals surface area (Å²) < 4.78 is 1.80. The van der Waals surface area contributed by atoms with Gasteiger partial charge in [-0.05, 0) is 47.4 Å². The molecule has 3 rings (SSSR count). The van der Waals surface area contributed by atoms with Gasteiger partial charge in [-0.3, -0.25) is 0 Å². The van der Waals surface area contributed by atoms with E-state index in [0.29, 0.717) is 26.3 Å². The summed E-state index contributed by atoms with van der Waals surface area (Å²) in [6.45, 7) is 6.46. The Labute approximate surface area is 192 Å². The van der Waals surface area contributed by atoms with Gasteiger partial charge in [0, 0.05) is 33.4 Å². The van der Waals surface area contributed by atoms with Crippen molar-refractivity contribution in [2.75, 3.05) is 5.32 Å². The van der Waals surface area contributed by atoms with Gasteiger partial charge in [0.1, 0.15) is 0 Å². The summed E-state index contributed by atoms with van der Waals surface area (Å²) in [6.07, 6.45) is 3.79. The van der Waals surface area contributed by atoms with Crippen LogP contribution in [0, 0.1) is 0 Å². The zero-order valence-corrected chi connectivity index (χ0v) is 19.3. The fourth-order valence-electron chi connectivity index (χ4n) is 2.92. The smallest absolute Gasteiger partial charge is 0.288 e. The molecule has 6 heteroatoms. The van der Waals surface area contributed by atoms with Crippen LogP contribution in [-0.4, -0.2) is 10.1 Å². The molecule has 0 saturated heterocycles. The van der Waals surface area contributed by atoms with Crippen LogP contribution in [0.1, 0.15) is 31.9 Å². The molecule has 30 heavy (non-hydrogen) atoms. The van der Waals surface area contributed by atoms with Crippen molar-refractivity contribution in [1.29, 1.82) is 0 Å². The van der Waals surface area contributed by atoms with E-state index in [2.05, 4.69) is 26.1 Å². The van der Waals surface area contributed by atoms with Crippen LogP contribution in [0.3, 0.4) is 0 Å². The van der Waals surface area contributed by atoms with Gasteiger partial charge in [-0.2, -0.15) is 4.57 Å². The Morgan fingerprint density at radius 3 is 2.13 bits per heavy atom. The van der Waals surface area contributed by atoms with E-state index in [9.17, 15) is 5.11 Å². The van der Waals surface area contributed by atoms with E-state index in [1.807, 2.05) is 36.7 Å². The number of pyridine rings is 1. The molecule has 0 unspecified atom stereocenters. The maximum absolute atomic E-state index is 11.1. The third-order valence-electron chi connectivity index (χ3n) is 4.59. The van der Waals surface area contributed by atoms with E-state index in [4.69, 9.17) is 35.4 Å². The van der Waals surface area contributed by atoms with E-state index in [1.54, 1.807) is 41.0 Å². The minimum absolute atomic E-state index is 0.0139. The number of hydrogen-bond donors (Lipinski definition) is 2. The first-order valence-corrected chi connectivity index (χ1v) is 10.6. The number of aliphatic hydroxyl groups excluding tert-OH is 1. The lowest BCUT2D eigenvalue weighted by Gasteiger charge is -2.18. The van der Waals surface area contributed by atoms with Crippen LogP contribution in [0.5, 0.6) is 0 Å². The van der Waals surface area contributed by atoms with Gasteiger partial charge >= 0.3 is 0 Å². The molecular formula is C24H23Cl2N2OS+. The number of anilines is 1. The predicted octanol–water partition coefficient (Wildman–Crippen LogP) is 6.90. The van der Waals surface area contributed by atoms with Crippen LogP contribution in [0.15, 0.2) is 73.1 Å². The van der Waals surface area contributed by atoms with Gasteiger partial charge < -0.3 is 10.4 Å². The Hall–Kier alpha value is -2.40. The second kappa shape index (κ2) is 9.17. The fraction of sp³-hybridized carbons (Fsp3) is 0.167. The van der Waals surface area contributed by atoms with Gasteiger partial charge in [0.15, 0.2) is 23.1 Å². The molecule has 3 nitrogen and oxygen atoms in total. The number of rotatable bonds is 4. The summed E-state index contributed by atoms with van der Waals surface area (Å²) in [7, 11) is 0. The average Bonchev–Trinajstić information content (AvgIpc) is 2.69. The lowest BCUT2D eigenvalue weighted by Crippen LogP contribution is -2.39. The molecule has 0 saturated carbocycles. The zero-order chi connectivity index (χ0) is 21.9. The number of hydrogen-bond acceptors (Lipinski definition) is 2. The lowest BCUT2D eigenvalue weighted by atomic mass is 9.88. The highest BCUT2D eigenvalue weighted by Crippen LogP contribution is 2.24. The van der Waals surface area contributed by atoms with E-state index in [0.717, 1.165) is 5.69 Å². The maximum Gasteiger partial charge on any atom is 0.288 e. The summed E-state index contributed by atoms with van der Waals surface area (Å²) in [4.78, 5) is 0.364. The Balaban J connectivity index is 2.07. The minimum Gasteiger partial charge on any atom is -0.502 e. The molecular weight excluding hydrogens is 435 g/mol. The molecule has 2 N–H and O–H groups in total. The van der Waals surface area contributed by atoms with Crippen LogP contribution >= 0.6 is 35.4 Å². The second-order valence-electron chi connectivity index (χ2n) is 7.91. The molecule has 0 aliphatic carbocycles. The Kier molecular flexibility index (Phi) is 6.81. The minimum atomic E-state index is 0.0139. The fourth-order valence-corrected chi connectivity index (χ4v) is 3.55. The number of nitrogens with one attached hydrogen (secondary N) is 1. The van der Waals surface area contributed by atoms with Crippen LogP contribution in [0.2, 0.25) is 10.0 Å². The van der Waals surface area contributed by atoms with Gasteiger partial charge in [-0.25, -0.2) is 0 Å². The second-order valence-corrected chi connectivity index (χ2v) is 9.19. The summed E-state index contributed by atoms with van der Waals surface area (Å²) >= 11 is 17.8. The monoisotopic (exact) mass is 457 g/mol. The van der Waals surface area contributed by atoms with Gasteiger partial charge in [0.05, 0.1) is 0 Å². The number of aromatic nitrogens is 1. The molecule has 0 aliphatic rings. The normalized spacial score (nSPS) is 12.3. The van der Waals surface area contributed by atoms with E-state index in [-0.39, 0.29) is 11.2 Å². The summed E-state index contributed by atoms with van der Waals surface area (Å²) in [5.74, 6) is 0.0254. The molecule has 0 fully saturated rings. The number of aliphatic hydroxyl groups is 1. The first kappa shape index (κ1) is 22.3. The zero-order valence-electron chi connectivity index (χ0n) is 17.0. The molecule has 0 atom stereocenters. The van der Waals surface area contributed by atoms with Crippen LogP contribution < -0.4 is 9.88 Å². The Morgan fingerprint density at radius 1 is 0.933 bits per heavy atom. The molecule has 0 bridgehead atoms. The average molecular weight is 458 g/mol. The molecule has 0 aliphatic heterocycles. The largest absolute Gasteiger partial charge is 0.502 e. The van der Waals surface area contributed by atoms with Gasteiger partial charge in [0.25, 0.3) is 5.70 Å². The lowest BCUT2D eigenvalue weighted by molar-refractivity contribution is -0.575. The van der Waals surface area contributed by atoms with Crippen molar-refractivity contribution in [3.63, 3.8) is 0 Å². The van der Waals surface area contributed by atoms with Gasteiger partial charge in [0.2, 0.25) is 0 Å². The Bertz CT molecular complexity index is 1090. The van der Waals surface area contributed by atoms with E-state index < -0.39 is 0 Å². The molecule has 0 spiro atoms. The van der Waals surface area contributed by atoms with Crippen LogP contribution in [-0.2, 0) is 5.41 Å². The standard InChI is InChI=1S/C24H22Cl2N2OS/c1-24(2,3)17-11-13-28(14-12-17)21(22(29)16-5-4-6-19(26)15-16)23(30)27-20-9-7-18(25)8-10-20/h4-15H,1-3H3,(H-,27,29,30)/p+1. The number of halogens is 2. The summed E-state index contributed by atoms with van der Waals surface area (Å²) in [5.41, 5.74) is 2.98. The summed E-state index contributed by atoms with van der Waals surface area (Å²) in [6, 6.07) is 18.3. The molecule has 0 amide bonds. The molecule has 0 radical (unpaired) electrons. The Morgan fingerprint density at radius 2 is 1.57 bits per heavy atom. The van der Waals surface area contributed by atoms with Gasteiger partial charge in [-0.15, -0.1) is 0 Å². The van der Waals surface area contributed by atoms with Crippen LogP contribution in [0.4, 0.5) is 5.69 Å². The van der Waals surface area contributed by atoms with Crippen molar-refractivity contribution in [2.24, 2.45) is 0 Å². The molecule has 1 heterocycles. The topological polar surface area (TPSA) is 36.1 Å². The highest BCUT2D eigenvalue weighted by molar-refractivity contribution is 7.81. The van der Waals surface area contributed by atoms with Crippen molar-refractivity contribution in [1.82, 2.24) is 0 Å². The maximum atomic E-state index is 11.1. The molecule has 2 aromatic carbocycles. The van der Waals surface area contributed by atoms with Crippen molar-refractivity contribution in [3.8, 4) is 0 Å². The predicted molar refractivity (Wildman–Crippen MR) is 130 cm³/mol. The van der Waals surface area contributed by atoms with Crippen LogP contribution in [0.25, 0.3) is 11.5 Å². The van der Waals surface area contributed by atoms with Crippen molar-refractivity contribution < 1.29 is 9.67 Å². The molecule has 154 valence electrons. The SMILES string of the molecule is CC(C)(C)c1cc[n+](C(C(=S)Nc2ccc(Cl)cc2)=C(O)c2cccc(Cl)c2)cc1.